The molecule has 0 amide bonds. The van der Waals surface area contributed by atoms with Gasteiger partial charge in [0.05, 0.1) is 4.47 Å². The molecule has 0 heterocycles. The molecular weight excluding hydrogens is 428 g/mol. The highest BCUT2D eigenvalue weighted by molar-refractivity contribution is 9.11. The third-order valence-corrected chi connectivity index (χ3v) is 3.22. The number of alkyl halides is 5. The van der Waals surface area contributed by atoms with E-state index in [1.165, 1.54) is 6.07 Å². The minimum Gasteiger partial charge on any atom is -0.506 e. The first-order chi connectivity index (χ1) is 7.98. The van der Waals surface area contributed by atoms with E-state index in [1.807, 2.05) is 0 Å². The Morgan fingerprint density at radius 2 is 1.58 bits per heavy atom. The van der Waals surface area contributed by atoms with Crippen LogP contribution in [0.15, 0.2) is 21.1 Å². The van der Waals surface area contributed by atoms with Gasteiger partial charge in [0.15, 0.2) is 0 Å². The van der Waals surface area contributed by atoms with E-state index in [4.69, 9.17) is 5.73 Å². The van der Waals surface area contributed by atoms with Crippen LogP contribution in [0, 0.1) is 0 Å². The van der Waals surface area contributed by atoms with Gasteiger partial charge in [-0.05, 0) is 28.1 Å². The first-order valence-electron chi connectivity index (χ1n) is 4.36. The van der Waals surface area contributed by atoms with Crippen molar-refractivity contribution >= 4 is 44.3 Å². The zero-order valence-electron chi connectivity index (χ0n) is 8.81. The van der Waals surface area contributed by atoms with Gasteiger partial charge in [0.1, 0.15) is 11.8 Å². The summed E-state index contributed by atoms with van der Waals surface area (Å²) in [6, 6.07) is -0.506. The maximum absolute atomic E-state index is 13.1. The number of benzene rings is 1. The largest absolute Gasteiger partial charge is 0.506 e. The molecule has 1 atom stereocenters. The number of hydrogen-bond donors (Lipinski definition) is 2. The Balaban J connectivity index is 0.00000324. The molecule has 0 aliphatic heterocycles. The third kappa shape index (κ3) is 3.71. The molecule has 0 saturated heterocycles. The van der Waals surface area contributed by atoms with E-state index >= 15 is 0 Å². The summed E-state index contributed by atoms with van der Waals surface area (Å²) in [7, 11) is 0. The van der Waals surface area contributed by atoms with Gasteiger partial charge in [-0.15, -0.1) is 12.4 Å². The summed E-state index contributed by atoms with van der Waals surface area (Å²) >= 11 is 5.73. The van der Waals surface area contributed by atoms with E-state index in [9.17, 15) is 27.1 Å². The summed E-state index contributed by atoms with van der Waals surface area (Å²) in [6.07, 6.45) is -5.80. The Morgan fingerprint density at radius 1 is 1.11 bits per heavy atom. The number of nitrogens with two attached hydrogens (primary N) is 1. The van der Waals surface area contributed by atoms with Crippen molar-refractivity contribution in [2.75, 3.05) is 0 Å². The highest BCUT2D eigenvalue weighted by Crippen LogP contribution is 2.46. The Morgan fingerprint density at radius 3 is 2.00 bits per heavy atom. The van der Waals surface area contributed by atoms with Crippen molar-refractivity contribution in [2.24, 2.45) is 5.73 Å². The van der Waals surface area contributed by atoms with E-state index in [-0.39, 0.29) is 21.4 Å². The van der Waals surface area contributed by atoms with Crippen LogP contribution in [0.4, 0.5) is 22.0 Å². The molecule has 10 heteroatoms. The first-order valence-corrected chi connectivity index (χ1v) is 5.95. The number of phenolic OH excluding ortho intramolecular Hbond substituents is 1. The second-order valence-electron chi connectivity index (χ2n) is 3.42. The molecule has 0 spiro atoms. The van der Waals surface area contributed by atoms with Crippen molar-refractivity contribution in [3.63, 3.8) is 0 Å². The molecule has 0 aromatic heterocycles. The lowest BCUT2D eigenvalue weighted by Crippen LogP contribution is -2.45. The van der Waals surface area contributed by atoms with Crippen LogP contribution in [-0.4, -0.2) is 17.2 Å². The van der Waals surface area contributed by atoms with Gasteiger partial charge in [0.25, 0.3) is 0 Å². The zero-order valence-corrected chi connectivity index (χ0v) is 12.8. The molecule has 1 rings (SSSR count). The second-order valence-corrected chi connectivity index (χ2v) is 5.19. The van der Waals surface area contributed by atoms with Crippen LogP contribution < -0.4 is 5.73 Å². The van der Waals surface area contributed by atoms with Crippen molar-refractivity contribution in [1.82, 2.24) is 0 Å². The van der Waals surface area contributed by atoms with Crippen LogP contribution in [0.5, 0.6) is 5.75 Å². The van der Waals surface area contributed by atoms with Gasteiger partial charge >= 0.3 is 12.1 Å². The molecule has 0 fully saturated rings. The summed E-state index contributed by atoms with van der Waals surface area (Å²) in [5, 5.41) is 9.47. The minimum atomic E-state index is -5.80. The minimum absolute atomic E-state index is 0. The highest BCUT2D eigenvalue weighted by Gasteiger charge is 2.62. The predicted octanol–water partition coefficient (Wildman–Crippen LogP) is 4.54. The molecule has 3 N–H and O–H groups in total. The fraction of sp³-hybridized carbons (Fsp3) is 0.333. The predicted molar refractivity (Wildman–Crippen MR) is 68.7 cm³/mol. The Labute approximate surface area is 127 Å². The van der Waals surface area contributed by atoms with Gasteiger partial charge in [0.2, 0.25) is 0 Å². The van der Waals surface area contributed by atoms with Crippen LogP contribution in [0.3, 0.4) is 0 Å². The molecular formula is C9H7Br2ClF5NO. The van der Waals surface area contributed by atoms with Crippen molar-refractivity contribution < 1.29 is 27.1 Å². The molecule has 0 bridgehead atoms. The monoisotopic (exact) mass is 433 g/mol. The van der Waals surface area contributed by atoms with Gasteiger partial charge in [-0.1, -0.05) is 15.9 Å². The van der Waals surface area contributed by atoms with Crippen molar-refractivity contribution in [1.29, 1.82) is 0 Å². The second kappa shape index (κ2) is 6.11. The summed E-state index contributed by atoms with van der Waals surface area (Å²) < 4.78 is 62.8. The van der Waals surface area contributed by atoms with Crippen molar-refractivity contribution in [3.05, 3.63) is 26.6 Å². The van der Waals surface area contributed by atoms with Gasteiger partial charge in [-0.3, -0.25) is 0 Å². The van der Waals surface area contributed by atoms with Crippen LogP contribution in [0.1, 0.15) is 11.6 Å². The summed E-state index contributed by atoms with van der Waals surface area (Å²) in [4.78, 5) is 0. The Kier molecular flexibility index (Phi) is 6.07. The standard InChI is InChI=1S/C9H6Br2F5NO.ClH/c10-3-1-4(6(18)5(11)2-3)7(17)8(12,13)9(14,15)16;/h1-2,7,18H,17H2;1H/t7-;/m0./s1. The summed E-state index contributed by atoms with van der Waals surface area (Å²) in [5.74, 6) is -5.90. The lowest BCUT2D eigenvalue weighted by Gasteiger charge is -2.26. The molecule has 2 nitrogen and oxygen atoms in total. The fourth-order valence-corrected chi connectivity index (χ4v) is 2.45. The molecule has 0 unspecified atom stereocenters. The van der Waals surface area contributed by atoms with E-state index in [2.05, 4.69) is 31.9 Å². The zero-order chi connectivity index (χ0) is 14.3. The molecule has 0 aliphatic rings. The van der Waals surface area contributed by atoms with Crippen molar-refractivity contribution in [2.45, 2.75) is 18.1 Å². The maximum Gasteiger partial charge on any atom is 0.455 e. The average molecular weight is 435 g/mol. The number of phenols is 1. The number of hydrogen-bond acceptors (Lipinski definition) is 2. The van der Waals surface area contributed by atoms with Crippen molar-refractivity contribution in [3.8, 4) is 5.75 Å². The average Bonchev–Trinajstić information content (AvgIpc) is 2.20. The van der Waals surface area contributed by atoms with Gasteiger partial charge in [0, 0.05) is 10.0 Å². The Bertz CT molecular complexity index is 469. The lowest BCUT2D eigenvalue weighted by atomic mass is 10.00. The molecule has 0 saturated carbocycles. The van der Waals surface area contributed by atoms with Crippen LogP contribution in [0.2, 0.25) is 0 Å². The molecule has 1 aromatic rings. The summed E-state index contributed by atoms with van der Waals surface area (Å²) in [5.41, 5.74) is 4.22. The fourth-order valence-electron chi connectivity index (χ4n) is 1.19. The van der Waals surface area contributed by atoms with E-state index in [1.54, 1.807) is 0 Å². The SMILES string of the molecule is Cl.N[C@@H](c1cc(Br)cc(Br)c1O)C(F)(F)C(F)(F)F. The third-order valence-electron chi connectivity index (χ3n) is 2.16. The summed E-state index contributed by atoms with van der Waals surface area (Å²) in [6.45, 7) is 0. The normalized spacial score (nSPS) is 13.9. The molecule has 1 aromatic carbocycles. The maximum atomic E-state index is 13.1. The van der Waals surface area contributed by atoms with E-state index < -0.39 is 29.5 Å². The molecule has 0 radical (unpaired) electrons. The van der Waals surface area contributed by atoms with Crippen LogP contribution in [-0.2, 0) is 0 Å². The van der Waals surface area contributed by atoms with Gasteiger partial charge in [-0.25, -0.2) is 0 Å². The van der Waals surface area contributed by atoms with Crippen LogP contribution in [0.25, 0.3) is 0 Å². The number of aromatic hydroxyl groups is 1. The van der Waals surface area contributed by atoms with Gasteiger partial charge in [-0.2, -0.15) is 22.0 Å². The first kappa shape index (κ1) is 18.9. The molecule has 19 heavy (non-hydrogen) atoms. The Hall–Kier alpha value is -0.120. The molecule has 110 valence electrons. The number of rotatable bonds is 2. The smallest absolute Gasteiger partial charge is 0.455 e. The van der Waals surface area contributed by atoms with Crippen LogP contribution >= 0.6 is 44.3 Å². The van der Waals surface area contributed by atoms with E-state index in [0.717, 1.165) is 6.07 Å². The molecule has 0 aliphatic carbocycles. The lowest BCUT2D eigenvalue weighted by molar-refractivity contribution is -0.291. The quantitative estimate of drug-likeness (QED) is 0.671. The number of halogens is 8. The van der Waals surface area contributed by atoms with E-state index in [0.29, 0.717) is 0 Å². The van der Waals surface area contributed by atoms with Gasteiger partial charge < -0.3 is 10.8 Å². The highest BCUT2D eigenvalue weighted by atomic mass is 79.9. The topological polar surface area (TPSA) is 46.2 Å².